The largest absolute Gasteiger partial charge is 0.365 e. The molecule has 2 atom stereocenters. The van der Waals surface area contributed by atoms with Crippen LogP contribution in [0.4, 0.5) is 26.1 Å². The van der Waals surface area contributed by atoms with E-state index in [1.165, 1.54) is 6.07 Å². The number of nitrogens with zero attached hydrogens (tertiary/aromatic N) is 2. The third kappa shape index (κ3) is 4.67. The average Bonchev–Trinajstić information content (AvgIpc) is 2.79. The molecule has 0 aliphatic heterocycles. The maximum atomic E-state index is 14.7. The minimum Gasteiger partial charge on any atom is -0.365 e. The second-order valence-corrected chi connectivity index (χ2v) is 7.82. The quantitative estimate of drug-likeness (QED) is 0.463. The van der Waals surface area contributed by atoms with E-state index in [1.54, 1.807) is 0 Å². The molecule has 9 heteroatoms. The van der Waals surface area contributed by atoms with Crippen molar-refractivity contribution in [2.75, 3.05) is 10.6 Å². The minimum absolute atomic E-state index is 0.0285. The molecule has 3 aromatic rings. The van der Waals surface area contributed by atoms with E-state index in [4.69, 9.17) is 11.5 Å². The average molecular weight is 438 g/mol. The molecule has 1 saturated carbocycles. The topological polar surface area (TPSA) is 119 Å². The van der Waals surface area contributed by atoms with E-state index < -0.39 is 17.5 Å². The van der Waals surface area contributed by atoms with Gasteiger partial charge in [0.05, 0.1) is 23.1 Å². The minimum atomic E-state index is -0.891. The molecule has 166 valence electrons. The van der Waals surface area contributed by atoms with Crippen molar-refractivity contribution >= 4 is 23.2 Å². The summed E-state index contributed by atoms with van der Waals surface area (Å²) in [6.07, 6.45) is 4.67. The zero-order valence-corrected chi connectivity index (χ0v) is 17.3. The molecule has 4 rings (SSSR count). The smallest absolute Gasteiger partial charge is 0.252 e. The standard InChI is InChI=1S/C23H24F2N6O/c24-15-10-14(21(27)32)22(31-23(15)29-18-9-5-4-8-17(18)26)30-20-11-19(28-12-16(20)25)13-6-2-1-3-7-13/h1-3,6-7,10-12,17-18H,4-5,8-9,26H2,(H2,27,32)(H2,28,29,30,31)/t17-,18+/m0/s1. The summed E-state index contributed by atoms with van der Waals surface area (Å²) in [7, 11) is 0. The number of rotatable bonds is 6. The van der Waals surface area contributed by atoms with Gasteiger partial charge in [-0.05, 0) is 25.0 Å². The molecule has 32 heavy (non-hydrogen) atoms. The Hall–Kier alpha value is -3.59. The zero-order valence-electron chi connectivity index (χ0n) is 17.3. The molecule has 1 aromatic carbocycles. The fraction of sp³-hybridized carbons (Fsp3) is 0.261. The SMILES string of the molecule is NC(=O)c1cc(F)c(N[C@@H]2CCCC[C@@H]2N)nc1Nc1cc(-c2ccccc2)ncc1F. The number of amides is 1. The molecular formula is C23H24F2N6O. The molecule has 1 fully saturated rings. The lowest BCUT2D eigenvalue weighted by Gasteiger charge is -2.30. The first-order valence-corrected chi connectivity index (χ1v) is 10.4. The van der Waals surface area contributed by atoms with Crippen LogP contribution in [0.3, 0.4) is 0 Å². The molecule has 2 heterocycles. The first-order valence-electron chi connectivity index (χ1n) is 10.4. The zero-order chi connectivity index (χ0) is 22.7. The summed E-state index contributed by atoms with van der Waals surface area (Å²) >= 11 is 0. The summed E-state index contributed by atoms with van der Waals surface area (Å²) in [6, 6.07) is 11.4. The van der Waals surface area contributed by atoms with Crippen LogP contribution in [0.1, 0.15) is 36.0 Å². The van der Waals surface area contributed by atoms with Crippen molar-refractivity contribution in [3.63, 3.8) is 0 Å². The van der Waals surface area contributed by atoms with E-state index in [2.05, 4.69) is 20.6 Å². The number of halogens is 2. The van der Waals surface area contributed by atoms with E-state index in [1.807, 2.05) is 30.3 Å². The summed E-state index contributed by atoms with van der Waals surface area (Å²) in [5.74, 6) is -2.41. The van der Waals surface area contributed by atoms with Crippen molar-refractivity contribution in [3.8, 4) is 11.3 Å². The monoisotopic (exact) mass is 438 g/mol. The lowest BCUT2D eigenvalue weighted by molar-refractivity contribution is 0.100. The van der Waals surface area contributed by atoms with Crippen LogP contribution in [-0.2, 0) is 0 Å². The van der Waals surface area contributed by atoms with Gasteiger partial charge in [-0.2, -0.15) is 0 Å². The highest BCUT2D eigenvalue weighted by molar-refractivity contribution is 5.98. The normalized spacial score (nSPS) is 18.2. The summed E-state index contributed by atoms with van der Waals surface area (Å²) < 4.78 is 29.2. The van der Waals surface area contributed by atoms with Crippen molar-refractivity contribution in [3.05, 3.63) is 65.9 Å². The van der Waals surface area contributed by atoms with Crippen LogP contribution >= 0.6 is 0 Å². The highest BCUT2D eigenvalue weighted by Gasteiger charge is 2.24. The van der Waals surface area contributed by atoms with Crippen LogP contribution < -0.4 is 22.1 Å². The number of nitrogens with two attached hydrogens (primary N) is 2. The summed E-state index contributed by atoms with van der Waals surface area (Å²) in [6.45, 7) is 0. The number of anilines is 3. The van der Waals surface area contributed by atoms with Gasteiger partial charge in [-0.1, -0.05) is 43.2 Å². The number of carbonyl (C=O) groups excluding carboxylic acids is 1. The molecule has 1 aliphatic rings. The number of carbonyl (C=O) groups is 1. The van der Waals surface area contributed by atoms with E-state index in [0.717, 1.165) is 43.5 Å². The molecule has 6 N–H and O–H groups in total. The maximum Gasteiger partial charge on any atom is 0.252 e. The van der Waals surface area contributed by atoms with Crippen molar-refractivity contribution in [2.24, 2.45) is 11.5 Å². The highest BCUT2D eigenvalue weighted by Crippen LogP contribution is 2.29. The molecule has 0 saturated heterocycles. The Labute approximate surface area is 184 Å². The molecule has 7 nitrogen and oxygen atoms in total. The van der Waals surface area contributed by atoms with Gasteiger partial charge in [0.25, 0.3) is 5.91 Å². The van der Waals surface area contributed by atoms with Crippen LogP contribution in [0, 0.1) is 11.6 Å². The van der Waals surface area contributed by atoms with Crippen molar-refractivity contribution in [1.82, 2.24) is 9.97 Å². The first-order chi connectivity index (χ1) is 15.4. The molecule has 1 amide bonds. The third-order valence-electron chi connectivity index (χ3n) is 5.56. The fourth-order valence-electron chi connectivity index (χ4n) is 3.82. The second kappa shape index (κ2) is 9.27. The van der Waals surface area contributed by atoms with Gasteiger partial charge in [0.1, 0.15) is 5.82 Å². The maximum absolute atomic E-state index is 14.7. The second-order valence-electron chi connectivity index (χ2n) is 7.82. The Bertz CT molecular complexity index is 1120. The summed E-state index contributed by atoms with van der Waals surface area (Å²) in [4.78, 5) is 20.3. The number of benzene rings is 1. The molecule has 0 bridgehead atoms. The lowest BCUT2D eigenvalue weighted by atomic mass is 9.91. The number of aromatic nitrogens is 2. The molecule has 1 aliphatic carbocycles. The van der Waals surface area contributed by atoms with Gasteiger partial charge < -0.3 is 22.1 Å². The van der Waals surface area contributed by atoms with Gasteiger partial charge in [-0.15, -0.1) is 0 Å². The van der Waals surface area contributed by atoms with Crippen molar-refractivity contribution < 1.29 is 13.6 Å². The van der Waals surface area contributed by atoms with Crippen molar-refractivity contribution in [2.45, 2.75) is 37.8 Å². The molecule has 2 aromatic heterocycles. The van der Waals surface area contributed by atoms with Crippen LogP contribution in [0.5, 0.6) is 0 Å². The summed E-state index contributed by atoms with van der Waals surface area (Å²) in [5.41, 5.74) is 12.7. The van der Waals surface area contributed by atoms with E-state index >= 15 is 0 Å². The Balaban J connectivity index is 1.69. The Morgan fingerprint density at radius 1 is 1.03 bits per heavy atom. The van der Waals surface area contributed by atoms with Crippen molar-refractivity contribution in [1.29, 1.82) is 0 Å². The molecule has 0 radical (unpaired) electrons. The van der Waals surface area contributed by atoms with Gasteiger partial charge in [0.15, 0.2) is 17.5 Å². The van der Waals surface area contributed by atoms with Gasteiger partial charge in [0.2, 0.25) is 0 Å². The van der Waals surface area contributed by atoms with Gasteiger partial charge in [0, 0.05) is 17.6 Å². The molecule has 0 spiro atoms. The number of nitrogens with one attached hydrogen (secondary N) is 2. The molecular weight excluding hydrogens is 414 g/mol. The van der Waals surface area contributed by atoms with Crippen LogP contribution in [0.2, 0.25) is 0 Å². The van der Waals surface area contributed by atoms with Crippen LogP contribution in [-0.4, -0.2) is 28.0 Å². The molecule has 0 unspecified atom stereocenters. The summed E-state index contributed by atoms with van der Waals surface area (Å²) in [5, 5.41) is 5.82. The number of pyridine rings is 2. The first kappa shape index (κ1) is 21.6. The van der Waals surface area contributed by atoms with Crippen LogP contribution in [0.25, 0.3) is 11.3 Å². The highest BCUT2D eigenvalue weighted by atomic mass is 19.1. The Kier molecular flexibility index (Phi) is 6.27. The van der Waals surface area contributed by atoms with E-state index in [-0.39, 0.29) is 35.0 Å². The van der Waals surface area contributed by atoms with Gasteiger partial charge in [-0.25, -0.2) is 13.8 Å². The predicted octanol–water partition coefficient (Wildman–Crippen LogP) is 3.95. The number of hydrogen-bond donors (Lipinski definition) is 4. The van der Waals surface area contributed by atoms with E-state index in [9.17, 15) is 13.6 Å². The number of hydrogen-bond acceptors (Lipinski definition) is 6. The third-order valence-corrected chi connectivity index (χ3v) is 5.56. The van der Waals surface area contributed by atoms with Gasteiger partial charge >= 0.3 is 0 Å². The fourth-order valence-corrected chi connectivity index (χ4v) is 3.82. The Morgan fingerprint density at radius 2 is 1.78 bits per heavy atom. The predicted molar refractivity (Wildman–Crippen MR) is 119 cm³/mol. The Morgan fingerprint density at radius 3 is 2.50 bits per heavy atom. The lowest BCUT2D eigenvalue weighted by Crippen LogP contribution is -2.43. The van der Waals surface area contributed by atoms with Crippen LogP contribution in [0.15, 0.2) is 48.7 Å². The van der Waals surface area contributed by atoms with Gasteiger partial charge in [-0.3, -0.25) is 9.78 Å². The van der Waals surface area contributed by atoms with E-state index in [0.29, 0.717) is 5.69 Å². The number of primary amides is 1.